The Labute approximate surface area is 117 Å². The maximum Gasteiger partial charge on any atom is 0.270 e. The molecule has 0 bridgehead atoms. The van der Waals surface area contributed by atoms with Gasteiger partial charge in [0.25, 0.3) is 5.91 Å². The summed E-state index contributed by atoms with van der Waals surface area (Å²) < 4.78 is 5.62. The maximum atomic E-state index is 11.9. The zero-order valence-electron chi connectivity index (χ0n) is 11.2. The molecule has 2 heterocycles. The number of nitrogens with one attached hydrogen (secondary N) is 1. The van der Waals surface area contributed by atoms with Crippen LogP contribution in [0.15, 0.2) is 5.38 Å². The quantitative estimate of drug-likeness (QED) is 0.864. The first kappa shape index (κ1) is 14.4. The Hall–Kier alpha value is -0.980. The van der Waals surface area contributed by atoms with Crippen LogP contribution >= 0.6 is 11.3 Å². The van der Waals surface area contributed by atoms with Crippen LogP contribution in [0.25, 0.3) is 0 Å². The van der Waals surface area contributed by atoms with Crippen molar-refractivity contribution in [2.45, 2.75) is 44.8 Å². The molecule has 5 nitrogen and oxygen atoms in total. The molecule has 1 aliphatic rings. The minimum Gasteiger partial charge on any atom is -0.378 e. The van der Waals surface area contributed by atoms with Gasteiger partial charge in [0.2, 0.25) is 0 Å². The van der Waals surface area contributed by atoms with E-state index in [0.29, 0.717) is 18.3 Å². The van der Waals surface area contributed by atoms with E-state index in [9.17, 15) is 4.79 Å². The molecule has 1 amide bonds. The van der Waals surface area contributed by atoms with E-state index in [1.54, 1.807) is 5.38 Å². The van der Waals surface area contributed by atoms with Crippen molar-refractivity contribution in [3.8, 4) is 0 Å². The lowest BCUT2D eigenvalue weighted by Gasteiger charge is -2.22. The summed E-state index contributed by atoms with van der Waals surface area (Å²) in [5.41, 5.74) is 6.18. The number of ether oxygens (including phenoxy) is 1. The number of thiazole rings is 1. The molecule has 1 aliphatic heterocycles. The van der Waals surface area contributed by atoms with Crippen molar-refractivity contribution < 1.29 is 9.53 Å². The zero-order valence-corrected chi connectivity index (χ0v) is 12.0. The molecule has 0 radical (unpaired) electrons. The normalized spacial score (nSPS) is 21.1. The number of rotatable bonds is 5. The third-order valence-electron chi connectivity index (χ3n) is 3.17. The second-order valence-electron chi connectivity index (χ2n) is 4.89. The molecule has 106 valence electrons. The second-order valence-corrected chi connectivity index (χ2v) is 5.78. The van der Waals surface area contributed by atoms with Crippen molar-refractivity contribution in [3.63, 3.8) is 0 Å². The van der Waals surface area contributed by atoms with Crippen molar-refractivity contribution in [1.29, 1.82) is 0 Å². The molecule has 2 unspecified atom stereocenters. The number of nitrogens with two attached hydrogens (primary N) is 1. The summed E-state index contributed by atoms with van der Waals surface area (Å²) in [6.45, 7) is 3.35. The van der Waals surface area contributed by atoms with Gasteiger partial charge in [-0.05, 0) is 32.6 Å². The maximum absolute atomic E-state index is 11.9. The van der Waals surface area contributed by atoms with Crippen LogP contribution in [-0.2, 0) is 4.74 Å². The fourth-order valence-corrected chi connectivity index (χ4v) is 2.83. The van der Waals surface area contributed by atoms with Gasteiger partial charge in [-0.15, -0.1) is 11.3 Å². The van der Waals surface area contributed by atoms with Gasteiger partial charge in [0.05, 0.1) is 12.1 Å². The van der Waals surface area contributed by atoms with Gasteiger partial charge < -0.3 is 15.8 Å². The molecule has 1 saturated heterocycles. The van der Waals surface area contributed by atoms with Gasteiger partial charge in [0.1, 0.15) is 10.7 Å². The number of hydrogen-bond donors (Lipinski definition) is 2. The van der Waals surface area contributed by atoms with Gasteiger partial charge in [-0.25, -0.2) is 4.98 Å². The predicted molar refractivity (Wildman–Crippen MR) is 75.3 cm³/mol. The summed E-state index contributed by atoms with van der Waals surface area (Å²) in [7, 11) is 0. The second kappa shape index (κ2) is 6.98. The Bertz CT molecular complexity index is 414. The van der Waals surface area contributed by atoms with E-state index in [2.05, 4.69) is 10.3 Å². The van der Waals surface area contributed by atoms with Crippen molar-refractivity contribution in [2.75, 3.05) is 13.2 Å². The molecule has 3 N–H and O–H groups in total. The first-order valence-electron chi connectivity index (χ1n) is 6.77. The largest absolute Gasteiger partial charge is 0.378 e. The highest BCUT2D eigenvalue weighted by Gasteiger charge is 2.15. The first-order valence-corrected chi connectivity index (χ1v) is 7.65. The lowest BCUT2D eigenvalue weighted by atomic mass is 10.1. The number of hydrogen-bond acceptors (Lipinski definition) is 5. The molecule has 1 aromatic heterocycles. The summed E-state index contributed by atoms with van der Waals surface area (Å²) in [6, 6.07) is -0.123. The van der Waals surface area contributed by atoms with Crippen LogP contribution < -0.4 is 11.1 Å². The number of aromatic nitrogens is 1. The Morgan fingerprint density at radius 3 is 3.16 bits per heavy atom. The van der Waals surface area contributed by atoms with Gasteiger partial charge in [-0.2, -0.15) is 0 Å². The fourth-order valence-electron chi connectivity index (χ4n) is 2.07. The smallest absolute Gasteiger partial charge is 0.270 e. The molecule has 6 heteroatoms. The monoisotopic (exact) mass is 283 g/mol. The van der Waals surface area contributed by atoms with E-state index in [0.717, 1.165) is 30.9 Å². The highest BCUT2D eigenvalue weighted by molar-refractivity contribution is 7.09. The Morgan fingerprint density at radius 2 is 2.53 bits per heavy atom. The lowest BCUT2D eigenvalue weighted by molar-refractivity contribution is 0.0117. The van der Waals surface area contributed by atoms with Crippen LogP contribution in [0.2, 0.25) is 0 Å². The fraction of sp³-hybridized carbons (Fsp3) is 0.692. The minimum absolute atomic E-state index is 0.123. The Kier molecular flexibility index (Phi) is 5.30. The Morgan fingerprint density at radius 1 is 1.68 bits per heavy atom. The topological polar surface area (TPSA) is 77.2 Å². The van der Waals surface area contributed by atoms with E-state index < -0.39 is 0 Å². The third-order valence-corrected chi connectivity index (χ3v) is 4.22. The van der Waals surface area contributed by atoms with Gasteiger partial charge in [-0.3, -0.25) is 4.79 Å². The minimum atomic E-state index is -0.126. The molecule has 0 saturated carbocycles. The average Bonchev–Trinajstić information content (AvgIpc) is 2.89. The molecular weight excluding hydrogens is 262 g/mol. The Balaban J connectivity index is 1.74. The summed E-state index contributed by atoms with van der Waals surface area (Å²) in [4.78, 5) is 16.1. The number of carbonyl (C=O) groups is 1. The van der Waals surface area contributed by atoms with Gasteiger partial charge in [0, 0.05) is 18.5 Å². The van der Waals surface area contributed by atoms with Crippen molar-refractivity contribution in [1.82, 2.24) is 10.3 Å². The van der Waals surface area contributed by atoms with E-state index in [4.69, 9.17) is 10.5 Å². The molecule has 0 spiro atoms. The van der Waals surface area contributed by atoms with Crippen LogP contribution in [-0.4, -0.2) is 30.1 Å². The van der Waals surface area contributed by atoms with Crippen molar-refractivity contribution >= 4 is 17.2 Å². The molecule has 2 atom stereocenters. The summed E-state index contributed by atoms with van der Waals surface area (Å²) in [6.07, 6.45) is 4.64. The number of amides is 1. The highest BCUT2D eigenvalue weighted by atomic mass is 32.1. The molecule has 19 heavy (non-hydrogen) atoms. The standard InChI is InChI=1S/C13H21N3O2S/c1-9(14)13-16-11(8-19-13)12(17)15-6-5-10-4-2-3-7-18-10/h8-10H,2-7,14H2,1H3,(H,15,17). The lowest BCUT2D eigenvalue weighted by Crippen LogP contribution is -2.29. The summed E-state index contributed by atoms with van der Waals surface area (Å²) >= 11 is 1.43. The molecule has 2 rings (SSSR count). The van der Waals surface area contributed by atoms with Crippen molar-refractivity contribution in [2.24, 2.45) is 5.73 Å². The molecule has 0 aliphatic carbocycles. The first-order chi connectivity index (χ1) is 9.16. The van der Waals surface area contributed by atoms with E-state index in [1.165, 1.54) is 17.8 Å². The predicted octanol–water partition coefficient (Wildman–Crippen LogP) is 1.85. The van der Waals surface area contributed by atoms with Gasteiger partial charge >= 0.3 is 0 Å². The SMILES string of the molecule is CC(N)c1nc(C(=O)NCCC2CCCCO2)cs1. The van der Waals surface area contributed by atoms with Crippen molar-refractivity contribution in [3.05, 3.63) is 16.1 Å². The van der Waals surface area contributed by atoms with Crippen LogP contribution in [0.3, 0.4) is 0 Å². The zero-order chi connectivity index (χ0) is 13.7. The van der Waals surface area contributed by atoms with Crippen LogP contribution in [0.1, 0.15) is 54.1 Å². The molecule has 0 aromatic carbocycles. The molecule has 1 aromatic rings. The average molecular weight is 283 g/mol. The molecule has 1 fully saturated rings. The summed E-state index contributed by atoms with van der Waals surface area (Å²) in [5.74, 6) is -0.126. The van der Waals surface area contributed by atoms with Gasteiger partial charge in [0.15, 0.2) is 0 Å². The third kappa shape index (κ3) is 4.26. The van der Waals surface area contributed by atoms with E-state index >= 15 is 0 Å². The molecular formula is C13H21N3O2S. The van der Waals surface area contributed by atoms with Crippen LogP contribution in [0, 0.1) is 0 Å². The van der Waals surface area contributed by atoms with Crippen LogP contribution in [0.4, 0.5) is 0 Å². The van der Waals surface area contributed by atoms with E-state index in [1.807, 2.05) is 6.92 Å². The number of nitrogens with zero attached hydrogens (tertiary/aromatic N) is 1. The highest BCUT2D eigenvalue weighted by Crippen LogP contribution is 2.16. The number of carbonyl (C=O) groups excluding carboxylic acids is 1. The van der Waals surface area contributed by atoms with Gasteiger partial charge in [-0.1, -0.05) is 0 Å². The van der Waals surface area contributed by atoms with Crippen LogP contribution in [0.5, 0.6) is 0 Å². The van der Waals surface area contributed by atoms with E-state index in [-0.39, 0.29) is 11.9 Å². The summed E-state index contributed by atoms with van der Waals surface area (Å²) in [5, 5.41) is 5.43.